The summed E-state index contributed by atoms with van der Waals surface area (Å²) in [7, 11) is 0. The number of aromatic nitrogens is 3. The third-order valence-electron chi connectivity index (χ3n) is 13.6. The molecule has 3 nitrogen and oxygen atoms in total. The van der Waals surface area contributed by atoms with Gasteiger partial charge in [-0.2, -0.15) is 0 Å². The van der Waals surface area contributed by atoms with E-state index in [0.717, 1.165) is 47.3 Å². The molecule has 0 aromatic carbocycles. The van der Waals surface area contributed by atoms with Gasteiger partial charge in [0.1, 0.15) is 17.5 Å². The zero-order valence-electron chi connectivity index (χ0n) is 22.7. The van der Waals surface area contributed by atoms with Gasteiger partial charge in [0.15, 0.2) is 0 Å². The summed E-state index contributed by atoms with van der Waals surface area (Å²) in [5.74, 6) is 11.4. The molecule has 36 heavy (non-hydrogen) atoms. The molecule has 0 spiro atoms. The fourth-order valence-electron chi connectivity index (χ4n) is 13.2. The predicted octanol–water partition coefficient (Wildman–Crippen LogP) is 7.67. The molecule has 0 radical (unpaired) electrons. The largest absolute Gasteiger partial charge is 0.217 e. The third kappa shape index (κ3) is 3.19. The lowest BCUT2D eigenvalue weighted by atomic mass is 9.48. The maximum Gasteiger partial charge on any atom is 0.138 e. The normalized spacial score (nSPS) is 54.2. The van der Waals surface area contributed by atoms with Gasteiger partial charge >= 0.3 is 0 Å². The van der Waals surface area contributed by atoms with Crippen LogP contribution in [0.1, 0.15) is 140 Å². The van der Waals surface area contributed by atoms with Crippen molar-refractivity contribution in [1.29, 1.82) is 0 Å². The van der Waals surface area contributed by atoms with Crippen molar-refractivity contribution in [1.82, 2.24) is 15.0 Å². The summed E-state index contributed by atoms with van der Waals surface area (Å²) >= 11 is 0. The molecule has 0 aliphatic heterocycles. The quantitative estimate of drug-likeness (QED) is 0.441. The predicted molar refractivity (Wildman–Crippen MR) is 142 cm³/mol. The van der Waals surface area contributed by atoms with E-state index in [4.69, 9.17) is 15.0 Å². The molecule has 2 atom stereocenters. The lowest BCUT2D eigenvalue weighted by molar-refractivity contribution is -0.0164. The molecule has 10 fully saturated rings. The summed E-state index contributed by atoms with van der Waals surface area (Å²) in [6.07, 6.45) is 25.8. The van der Waals surface area contributed by atoms with Crippen LogP contribution >= 0.6 is 0 Å². The average Bonchev–Trinajstić information content (AvgIpc) is 2.82. The van der Waals surface area contributed by atoms with Crippen molar-refractivity contribution in [3.05, 3.63) is 17.5 Å². The Morgan fingerprint density at radius 1 is 0.444 bits per heavy atom. The minimum Gasteiger partial charge on any atom is -0.217 e. The van der Waals surface area contributed by atoms with Crippen molar-refractivity contribution in [3.8, 4) is 0 Å². The van der Waals surface area contributed by atoms with E-state index in [0.29, 0.717) is 0 Å². The molecular weight excluding hydrogens is 438 g/mol. The Balaban J connectivity index is 1.18. The first-order valence-electron chi connectivity index (χ1n) is 16.2. The van der Waals surface area contributed by atoms with Gasteiger partial charge in [-0.25, -0.2) is 15.0 Å². The van der Waals surface area contributed by atoms with Gasteiger partial charge in [-0.1, -0.05) is 26.2 Å². The number of hydrogen-bond donors (Lipinski definition) is 0. The molecule has 10 saturated carbocycles. The van der Waals surface area contributed by atoms with Gasteiger partial charge in [-0.3, -0.25) is 0 Å². The molecule has 10 aliphatic rings. The fourth-order valence-corrected chi connectivity index (χ4v) is 13.2. The van der Waals surface area contributed by atoms with Gasteiger partial charge in [-0.15, -0.1) is 0 Å². The van der Waals surface area contributed by atoms with Crippen LogP contribution in [-0.4, -0.2) is 15.0 Å². The molecule has 3 heteroatoms. The second kappa shape index (κ2) is 7.35. The van der Waals surface area contributed by atoms with Crippen molar-refractivity contribution in [3.63, 3.8) is 0 Å². The van der Waals surface area contributed by atoms with E-state index >= 15 is 0 Å². The second-order valence-corrected chi connectivity index (χ2v) is 16.6. The molecule has 0 amide bonds. The van der Waals surface area contributed by atoms with Crippen LogP contribution in [0.3, 0.4) is 0 Å². The number of rotatable bonds is 3. The highest BCUT2D eigenvalue weighted by Crippen LogP contribution is 2.63. The molecule has 2 unspecified atom stereocenters. The standard InChI is InChI=1S/C33H47N3/c1-31(12-20-3-2-4-21(5-20)13-31)28-34-29(32-14-22-6-23(15-32)8-24(7-22)16-32)36-30(35-28)33-17-25-9-26(18-33)11-27(10-25)19-33/h20-27H,2-19H2,1H3. The molecule has 1 aromatic heterocycles. The Morgan fingerprint density at radius 3 is 1.17 bits per heavy atom. The van der Waals surface area contributed by atoms with Crippen molar-refractivity contribution in [2.75, 3.05) is 0 Å². The Labute approximate surface area is 218 Å². The van der Waals surface area contributed by atoms with E-state index in [1.807, 2.05) is 0 Å². The summed E-state index contributed by atoms with van der Waals surface area (Å²) in [6.45, 7) is 2.57. The van der Waals surface area contributed by atoms with E-state index in [2.05, 4.69) is 6.92 Å². The highest BCUT2D eigenvalue weighted by Gasteiger charge is 2.57. The van der Waals surface area contributed by atoms with Gasteiger partial charge in [0.25, 0.3) is 0 Å². The van der Waals surface area contributed by atoms with Crippen LogP contribution in [0, 0.1) is 47.3 Å². The lowest BCUT2D eigenvalue weighted by Gasteiger charge is -2.57. The van der Waals surface area contributed by atoms with Gasteiger partial charge in [0.05, 0.1) is 0 Å². The first kappa shape index (κ1) is 21.9. The molecule has 1 heterocycles. The van der Waals surface area contributed by atoms with Gasteiger partial charge in [-0.05, 0) is 144 Å². The highest BCUT2D eigenvalue weighted by atomic mass is 15.1. The molecule has 11 rings (SSSR count). The number of hydrogen-bond acceptors (Lipinski definition) is 3. The molecule has 194 valence electrons. The molecule has 10 aliphatic carbocycles. The van der Waals surface area contributed by atoms with E-state index in [1.165, 1.54) is 133 Å². The smallest absolute Gasteiger partial charge is 0.138 e. The summed E-state index contributed by atoms with van der Waals surface area (Å²) in [5.41, 5.74) is 0.736. The van der Waals surface area contributed by atoms with Crippen molar-refractivity contribution >= 4 is 0 Å². The zero-order valence-corrected chi connectivity index (χ0v) is 22.7. The minimum absolute atomic E-state index is 0.172. The monoisotopic (exact) mass is 485 g/mol. The Bertz CT molecular complexity index is 928. The third-order valence-corrected chi connectivity index (χ3v) is 13.6. The highest BCUT2D eigenvalue weighted by molar-refractivity contribution is 5.25. The van der Waals surface area contributed by atoms with E-state index in [9.17, 15) is 0 Å². The molecule has 1 aromatic rings. The second-order valence-electron chi connectivity index (χ2n) is 16.6. The van der Waals surface area contributed by atoms with Gasteiger partial charge in [0.2, 0.25) is 0 Å². The summed E-state index contributed by atoms with van der Waals surface area (Å²) in [6, 6.07) is 0. The summed E-state index contributed by atoms with van der Waals surface area (Å²) in [5, 5.41) is 0. The number of nitrogens with zero attached hydrogens (tertiary/aromatic N) is 3. The van der Waals surface area contributed by atoms with Crippen LogP contribution < -0.4 is 0 Å². The Morgan fingerprint density at radius 2 is 0.778 bits per heavy atom. The van der Waals surface area contributed by atoms with Gasteiger partial charge < -0.3 is 0 Å². The first-order valence-corrected chi connectivity index (χ1v) is 16.2. The molecule has 10 bridgehead atoms. The summed E-state index contributed by atoms with van der Waals surface area (Å²) < 4.78 is 0. The van der Waals surface area contributed by atoms with Crippen LogP contribution in [-0.2, 0) is 16.2 Å². The molecule has 0 N–H and O–H groups in total. The fraction of sp³-hybridized carbons (Fsp3) is 0.909. The van der Waals surface area contributed by atoms with Crippen molar-refractivity contribution in [2.24, 2.45) is 47.3 Å². The van der Waals surface area contributed by atoms with Crippen LogP contribution in [0.25, 0.3) is 0 Å². The molecule has 0 saturated heterocycles. The van der Waals surface area contributed by atoms with E-state index in [-0.39, 0.29) is 16.2 Å². The van der Waals surface area contributed by atoms with Crippen LogP contribution in [0.15, 0.2) is 0 Å². The maximum atomic E-state index is 5.69. The van der Waals surface area contributed by atoms with Crippen LogP contribution in [0.4, 0.5) is 0 Å². The van der Waals surface area contributed by atoms with Crippen molar-refractivity contribution in [2.45, 2.75) is 139 Å². The lowest BCUT2D eigenvalue weighted by Crippen LogP contribution is -2.52. The minimum atomic E-state index is 0.172. The Hall–Kier alpha value is -0.990. The van der Waals surface area contributed by atoms with E-state index in [1.54, 1.807) is 0 Å². The number of fused-ring (bicyclic) bond motifs is 2. The summed E-state index contributed by atoms with van der Waals surface area (Å²) in [4.78, 5) is 17.0. The maximum absolute atomic E-state index is 5.69. The van der Waals surface area contributed by atoms with Crippen molar-refractivity contribution < 1.29 is 0 Å². The Kier molecular flexibility index (Phi) is 4.47. The first-order chi connectivity index (χ1) is 17.4. The van der Waals surface area contributed by atoms with Crippen LogP contribution in [0.5, 0.6) is 0 Å². The topological polar surface area (TPSA) is 38.7 Å². The average molecular weight is 486 g/mol. The zero-order chi connectivity index (χ0) is 23.7. The SMILES string of the molecule is CC1(c2nc(C34CC5CC(CC(C5)C3)C4)nc(C34CC5CC(CC(C5)C3)C4)n2)CC2CCCC(C2)C1. The van der Waals surface area contributed by atoms with Gasteiger partial charge in [0, 0.05) is 16.2 Å². The van der Waals surface area contributed by atoms with E-state index < -0.39 is 0 Å². The molecular formula is C33H47N3. The van der Waals surface area contributed by atoms with Crippen LogP contribution in [0.2, 0.25) is 0 Å².